The highest BCUT2D eigenvalue weighted by atomic mass is 19.1. The van der Waals surface area contributed by atoms with Crippen molar-refractivity contribution in [1.82, 2.24) is 4.98 Å². The molecule has 1 N–H and O–H groups in total. The van der Waals surface area contributed by atoms with Crippen LogP contribution in [-0.2, 0) is 0 Å². The highest BCUT2D eigenvalue weighted by Gasteiger charge is 2.44. The second-order valence-electron chi connectivity index (χ2n) is 6.81. The molecule has 0 amide bonds. The van der Waals surface area contributed by atoms with Crippen molar-refractivity contribution < 1.29 is 4.39 Å². The number of anilines is 1. The van der Waals surface area contributed by atoms with E-state index >= 15 is 0 Å². The van der Waals surface area contributed by atoms with E-state index in [2.05, 4.69) is 17.2 Å². The Labute approximate surface area is 141 Å². The van der Waals surface area contributed by atoms with E-state index < -0.39 is 0 Å². The Morgan fingerprint density at radius 3 is 2.50 bits per heavy atom. The lowest BCUT2D eigenvalue weighted by atomic mass is 9.93. The highest BCUT2D eigenvalue weighted by molar-refractivity contribution is 6.12. The Bertz CT molecular complexity index is 845. The molecule has 0 unspecified atom stereocenters. The van der Waals surface area contributed by atoms with Crippen molar-refractivity contribution >= 4 is 22.8 Å². The third-order valence-corrected chi connectivity index (χ3v) is 5.06. The van der Waals surface area contributed by atoms with E-state index in [9.17, 15) is 4.39 Å². The monoisotopic (exact) mass is 321 g/mol. The number of hydrogen-bond acceptors (Lipinski definition) is 3. The Balaban J connectivity index is 1.81. The number of hydrogen-bond donors (Lipinski definition) is 1. The number of pyridine rings is 1. The molecule has 4 rings (SSSR count). The van der Waals surface area contributed by atoms with Crippen LogP contribution in [0.2, 0.25) is 0 Å². The molecule has 24 heavy (non-hydrogen) atoms. The van der Waals surface area contributed by atoms with Gasteiger partial charge >= 0.3 is 0 Å². The molecule has 1 saturated carbocycles. The number of nitrogens with one attached hydrogen (secondary N) is 1. The van der Waals surface area contributed by atoms with Crippen molar-refractivity contribution in [3.8, 4) is 0 Å². The molecule has 0 radical (unpaired) electrons. The third kappa shape index (κ3) is 2.62. The summed E-state index contributed by atoms with van der Waals surface area (Å²) in [7, 11) is 1.86. The molecular formula is C20H20FN3. The standard InChI is InChI=1S/C20H20FN3/c1-20(8-9-20)17-12-16(13-3-5-15(21)6-4-13)19(24-17)14-7-10-23-18(11-14)22-2/h3-7,10-11H,8-9,12H2,1-2H3,(H,22,23). The maximum atomic E-state index is 13.3. The van der Waals surface area contributed by atoms with Gasteiger partial charge in [-0.05, 0) is 48.2 Å². The van der Waals surface area contributed by atoms with Crippen LogP contribution < -0.4 is 5.32 Å². The molecule has 0 saturated heterocycles. The minimum atomic E-state index is -0.212. The normalized spacial score (nSPS) is 18.5. The number of nitrogens with zero attached hydrogens (tertiary/aromatic N) is 2. The predicted octanol–water partition coefficient (Wildman–Crippen LogP) is 4.78. The van der Waals surface area contributed by atoms with Gasteiger partial charge in [0.1, 0.15) is 11.6 Å². The van der Waals surface area contributed by atoms with Gasteiger partial charge in [0.2, 0.25) is 0 Å². The molecule has 1 aliphatic carbocycles. The average Bonchev–Trinajstić information content (AvgIpc) is 3.20. The van der Waals surface area contributed by atoms with E-state index in [0.29, 0.717) is 0 Å². The first-order valence-electron chi connectivity index (χ1n) is 8.30. The smallest absolute Gasteiger partial charge is 0.126 e. The minimum Gasteiger partial charge on any atom is -0.373 e. The van der Waals surface area contributed by atoms with E-state index in [1.165, 1.54) is 36.3 Å². The van der Waals surface area contributed by atoms with E-state index in [1.807, 2.05) is 31.3 Å². The van der Waals surface area contributed by atoms with Gasteiger partial charge < -0.3 is 5.32 Å². The van der Waals surface area contributed by atoms with E-state index in [-0.39, 0.29) is 11.2 Å². The van der Waals surface area contributed by atoms with Crippen LogP contribution in [0, 0.1) is 11.2 Å². The van der Waals surface area contributed by atoms with Crippen molar-refractivity contribution in [1.29, 1.82) is 0 Å². The first kappa shape index (κ1) is 15.1. The van der Waals surface area contributed by atoms with Crippen LogP contribution in [-0.4, -0.2) is 17.7 Å². The Morgan fingerprint density at radius 2 is 1.83 bits per heavy atom. The molecule has 2 aliphatic rings. The summed E-state index contributed by atoms with van der Waals surface area (Å²) in [5.41, 5.74) is 5.74. The molecule has 122 valence electrons. The van der Waals surface area contributed by atoms with Crippen molar-refractivity contribution in [3.05, 3.63) is 59.5 Å². The first-order chi connectivity index (χ1) is 11.6. The highest BCUT2D eigenvalue weighted by Crippen LogP contribution is 2.52. The molecule has 1 aliphatic heterocycles. The zero-order valence-electron chi connectivity index (χ0n) is 13.9. The molecule has 0 atom stereocenters. The lowest BCUT2D eigenvalue weighted by Gasteiger charge is -2.09. The maximum absolute atomic E-state index is 13.3. The van der Waals surface area contributed by atoms with Gasteiger partial charge in [0.25, 0.3) is 0 Å². The van der Waals surface area contributed by atoms with Crippen molar-refractivity contribution in [3.63, 3.8) is 0 Å². The average molecular weight is 321 g/mol. The lowest BCUT2D eigenvalue weighted by Crippen LogP contribution is -2.09. The van der Waals surface area contributed by atoms with Gasteiger partial charge in [0.15, 0.2) is 0 Å². The number of rotatable bonds is 4. The fourth-order valence-corrected chi connectivity index (χ4v) is 3.16. The minimum absolute atomic E-state index is 0.212. The summed E-state index contributed by atoms with van der Waals surface area (Å²) in [6, 6.07) is 10.7. The summed E-state index contributed by atoms with van der Waals surface area (Å²) in [5.74, 6) is 0.607. The number of aliphatic imine (C=N–C) groups is 1. The summed E-state index contributed by atoms with van der Waals surface area (Å²) < 4.78 is 13.3. The summed E-state index contributed by atoms with van der Waals surface area (Å²) in [6.07, 6.45) is 5.04. The second-order valence-corrected chi connectivity index (χ2v) is 6.81. The maximum Gasteiger partial charge on any atom is 0.126 e. The van der Waals surface area contributed by atoms with E-state index in [1.54, 1.807) is 6.20 Å². The van der Waals surface area contributed by atoms with Crippen molar-refractivity contribution in [2.75, 3.05) is 12.4 Å². The largest absolute Gasteiger partial charge is 0.373 e. The van der Waals surface area contributed by atoms with Gasteiger partial charge in [-0.15, -0.1) is 0 Å². The Kier molecular flexibility index (Phi) is 3.48. The first-order valence-corrected chi connectivity index (χ1v) is 8.30. The van der Waals surface area contributed by atoms with E-state index in [4.69, 9.17) is 4.99 Å². The van der Waals surface area contributed by atoms with Crippen LogP contribution in [0.15, 0.2) is 47.6 Å². The number of halogens is 1. The van der Waals surface area contributed by atoms with Crippen LogP contribution in [0.5, 0.6) is 0 Å². The molecule has 0 bridgehead atoms. The van der Waals surface area contributed by atoms with Crippen LogP contribution >= 0.6 is 0 Å². The molecule has 1 aromatic carbocycles. The van der Waals surface area contributed by atoms with Crippen LogP contribution in [0.25, 0.3) is 11.3 Å². The molecule has 4 heteroatoms. The zero-order chi connectivity index (χ0) is 16.7. The van der Waals surface area contributed by atoms with E-state index in [0.717, 1.165) is 29.1 Å². The topological polar surface area (TPSA) is 37.3 Å². The van der Waals surface area contributed by atoms with Gasteiger partial charge in [-0.25, -0.2) is 9.37 Å². The molecule has 2 heterocycles. The fourth-order valence-electron chi connectivity index (χ4n) is 3.16. The Hall–Kier alpha value is -2.49. The number of benzene rings is 1. The van der Waals surface area contributed by atoms with Gasteiger partial charge in [-0.2, -0.15) is 0 Å². The fraction of sp³-hybridized carbons (Fsp3) is 0.300. The molecule has 1 aromatic heterocycles. The Morgan fingerprint density at radius 1 is 1.08 bits per heavy atom. The molecule has 1 fully saturated rings. The van der Waals surface area contributed by atoms with Gasteiger partial charge in [0.05, 0.1) is 5.70 Å². The summed E-state index contributed by atoms with van der Waals surface area (Å²) >= 11 is 0. The van der Waals surface area contributed by atoms with Crippen molar-refractivity contribution in [2.45, 2.75) is 26.2 Å². The van der Waals surface area contributed by atoms with Crippen LogP contribution in [0.4, 0.5) is 10.2 Å². The summed E-state index contributed by atoms with van der Waals surface area (Å²) in [4.78, 5) is 9.28. The third-order valence-electron chi connectivity index (χ3n) is 5.06. The summed E-state index contributed by atoms with van der Waals surface area (Å²) in [5, 5.41) is 3.07. The van der Waals surface area contributed by atoms with Gasteiger partial charge in [-0.1, -0.05) is 19.1 Å². The van der Waals surface area contributed by atoms with Crippen LogP contribution in [0.3, 0.4) is 0 Å². The predicted molar refractivity (Wildman–Crippen MR) is 96.4 cm³/mol. The van der Waals surface area contributed by atoms with Crippen LogP contribution in [0.1, 0.15) is 37.3 Å². The number of allylic oxidation sites excluding steroid dienone is 1. The number of aromatic nitrogens is 1. The second kappa shape index (κ2) is 5.55. The van der Waals surface area contributed by atoms with Gasteiger partial charge in [-0.3, -0.25) is 4.99 Å². The lowest BCUT2D eigenvalue weighted by molar-refractivity contribution is 0.627. The molecule has 0 spiro atoms. The summed E-state index contributed by atoms with van der Waals surface area (Å²) in [6.45, 7) is 2.28. The molecule has 3 nitrogen and oxygen atoms in total. The zero-order valence-corrected chi connectivity index (χ0v) is 13.9. The quantitative estimate of drug-likeness (QED) is 0.880. The SMILES string of the molecule is CNc1cc(C2=C(c3ccc(F)cc3)CC(C3(C)CC3)=N2)ccn1. The van der Waals surface area contributed by atoms with Gasteiger partial charge in [0, 0.05) is 36.4 Å². The molecule has 2 aromatic rings. The van der Waals surface area contributed by atoms with Crippen molar-refractivity contribution in [2.24, 2.45) is 10.4 Å². The molecular weight excluding hydrogens is 301 g/mol.